The minimum atomic E-state index is -2.91. The van der Waals surface area contributed by atoms with Gasteiger partial charge in [-0.3, -0.25) is 4.79 Å². The molecule has 0 radical (unpaired) electrons. The molecule has 2 bridgehead atoms. The van der Waals surface area contributed by atoms with Crippen molar-refractivity contribution in [3.63, 3.8) is 0 Å². The van der Waals surface area contributed by atoms with E-state index in [1.807, 2.05) is 0 Å². The average Bonchev–Trinajstić information content (AvgIpc) is 3.55. The second kappa shape index (κ2) is 10.1. The number of anilines is 1. The predicted molar refractivity (Wildman–Crippen MR) is 123 cm³/mol. The van der Waals surface area contributed by atoms with E-state index < -0.39 is 35.9 Å². The summed E-state index contributed by atoms with van der Waals surface area (Å²) in [5.74, 6) is -3.81. The first-order valence-corrected chi connectivity index (χ1v) is 12.9. The number of aliphatic hydroxyl groups is 1. The molecule has 4 fully saturated rings. The van der Waals surface area contributed by atoms with Gasteiger partial charge in [0.2, 0.25) is 5.92 Å². The van der Waals surface area contributed by atoms with Crippen LogP contribution in [-0.4, -0.2) is 64.8 Å². The summed E-state index contributed by atoms with van der Waals surface area (Å²) in [6.45, 7) is 3.96. The number of nitrogens with zero attached hydrogens (tertiary/aromatic N) is 2. The highest BCUT2D eigenvalue weighted by Gasteiger charge is 2.57. The number of rotatable bonds is 7. The molecule has 198 valence electrons. The molecule has 4 aliphatic rings. The van der Waals surface area contributed by atoms with Gasteiger partial charge in [-0.2, -0.15) is 0 Å². The number of nitrogens with one attached hydrogen (secondary N) is 1. The molecule has 2 aromatic rings. The smallest absolute Gasteiger partial charge is 0.344 e. The van der Waals surface area contributed by atoms with E-state index in [-0.39, 0.29) is 48.2 Å². The summed E-state index contributed by atoms with van der Waals surface area (Å²) < 4.78 is 39.4. The van der Waals surface area contributed by atoms with Gasteiger partial charge < -0.3 is 41.1 Å². The van der Waals surface area contributed by atoms with E-state index in [9.17, 15) is 23.5 Å². The van der Waals surface area contributed by atoms with Crippen molar-refractivity contribution < 1.29 is 54.2 Å². The van der Waals surface area contributed by atoms with Gasteiger partial charge in [0.25, 0.3) is 5.91 Å². The molecule has 1 saturated carbocycles. The van der Waals surface area contributed by atoms with Crippen molar-refractivity contribution in [1.82, 2.24) is 5.16 Å². The van der Waals surface area contributed by atoms with Crippen LogP contribution in [0, 0.1) is 18.8 Å². The number of aromatic nitrogens is 1. The molecular weight excluding hydrogens is 560 g/mol. The maximum Gasteiger partial charge on any atom is 0.344 e. The number of fused-ring (bicyclic) bond motifs is 3. The Kier molecular flexibility index (Phi) is 7.63. The maximum absolute atomic E-state index is 14.0. The topological polar surface area (TPSA) is 102 Å². The second-order valence-corrected chi connectivity index (χ2v) is 11.3. The van der Waals surface area contributed by atoms with Crippen LogP contribution in [-0.2, 0) is 19.9 Å². The van der Waals surface area contributed by atoms with Crippen LogP contribution in [0.25, 0.3) is 0 Å². The third-order valence-corrected chi connectivity index (χ3v) is 8.87. The van der Waals surface area contributed by atoms with Gasteiger partial charge in [0.1, 0.15) is 12.3 Å². The molecule has 1 amide bonds. The molecule has 2 unspecified atom stereocenters. The van der Waals surface area contributed by atoms with Crippen molar-refractivity contribution in [3.8, 4) is 0 Å². The van der Waals surface area contributed by atoms with E-state index in [2.05, 4.69) is 10.5 Å². The molecular formula is C24H30BrF2N3O5S. The van der Waals surface area contributed by atoms with Gasteiger partial charge in [0, 0.05) is 48.5 Å². The van der Waals surface area contributed by atoms with Crippen molar-refractivity contribution in [2.45, 2.75) is 56.7 Å². The van der Waals surface area contributed by atoms with Crippen LogP contribution < -0.4 is 22.3 Å². The fourth-order valence-electron chi connectivity index (χ4n) is 5.99. The first-order chi connectivity index (χ1) is 16.6. The number of carbonyl (C=O) groups is 2. The number of aryl methyl sites for hydroxylation is 1. The average molecular weight is 590 g/mol. The molecule has 0 aromatic carbocycles. The van der Waals surface area contributed by atoms with Crippen LogP contribution in [0.15, 0.2) is 28.1 Å². The molecule has 2 N–H and O–H groups in total. The number of amides is 1. The van der Waals surface area contributed by atoms with Crippen molar-refractivity contribution in [2.24, 2.45) is 11.8 Å². The van der Waals surface area contributed by atoms with Gasteiger partial charge in [0.15, 0.2) is 24.1 Å². The van der Waals surface area contributed by atoms with E-state index in [0.717, 1.165) is 25.9 Å². The molecule has 2 aromatic heterocycles. The van der Waals surface area contributed by atoms with Gasteiger partial charge in [0.05, 0.1) is 13.1 Å². The molecule has 3 aliphatic heterocycles. The van der Waals surface area contributed by atoms with E-state index in [0.29, 0.717) is 27.5 Å². The quantitative estimate of drug-likeness (QED) is 0.359. The minimum Gasteiger partial charge on any atom is -1.00 e. The fraction of sp³-hybridized carbons (Fsp3) is 0.625. The first-order valence-electron chi connectivity index (χ1n) is 12.0. The van der Waals surface area contributed by atoms with Crippen LogP contribution in [0.4, 0.5) is 14.6 Å². The van der Waals surface area contributed by atoms with Gasteiger partial charge in [-0.15, -0.1) is 11.3 Å². The third kappa shape index (κ3) is 5.23. The summed E-state index contributed by atoms with van der Waals surface area (Å²) in [5.41, 5.74) is -2.10. The number of quaternary nitrogens is 1. The van der Waals surface area contributed by atoms with Crippen molar-refractivity contribution in [1.29, 1.82) is 0 Å². The Balaban J connectivity index is 0.00000304. The van der Waals surface area contributed by atoms with E-state index in [1.54, 1.807) is 30.5 Å². The predicted octanol–water partition coefficient (Wildman–Crippen LogP) is 0.462. The highest BCUT2D eigenvalue weighted by molar-refractivity contribution is 7.10. The van der Waals surface area contributed by atoms with Crippen molar-refractivity contribution in [3.05, 3.63) is 34.2 Å². The number of thiophene rings is 1. The Hall–Kier alpha value is -1.89. The first kappa shape index (κ1) is 27.2. The Labute approximate surface area is 222 Å². The van der Waals surface area contributed by atoms with Crippen LogP contribution >= 0.6 is 11.3 Å². The molecule has 12 heteroatoms. The number of alkyl halides is 2. The van der Waals surface area contributed by atoms with Crippen LogP contribution in [0.2, 0.25) is 0 Å². The minimum absolute atomic E-state index is 0. The van der Waals surface area contributed by atoms with Crippen molar-refractivity contribution in [2.75, 3.05) is 31.5 Å². The number of carbonyl (C=O) groups excluding carboxylic acids is 2. The lowest BCUT2D eigenvalue weighted by Crippen LogP contribution is -3.00. The second-order valence-electron chi connectivity index (χ2n) is 10.3. The van der Waals surface area contributed by atoms with Gasteiger partial charge in [-0.25, -0.2) is 13.6 Å². The third-order valence-electron chi connectivity index (χ3n) is 7.88. The van der Waals surface area contributed by atoms with Crippen LogP contribution in [0.1, 0.15) is 42.7 Å². The highest BCUT2D eigenvalue weighted by Crippen LogP contribution is 2.49. The Morgan fingerprint density at radius 3 is 2.69 bits per heavy atom. The maximum atomic E-state index is 14.0. The summed E-state index contributed by atoms with van der Waals surface area (Å²) in [6.07, 6.45) is 0.227. The zero-order chi connectivity index (χ0) is 24.8. The molecule has 36 heavy (non-hydrogen) atoms. The summed E-state index contributed by atoms with van der Waals surface area (Å²) in [4.78, 5) is 26.5. The molecule has 5 heterocycles. The summed E-state index contributed by atoms with van der Waals surface area (Å²) in [7, 11) is 0. The zero-order valence-electron chi connectivity index (χ0n) is 19.9. The number of ether oxygens (including phenoxy) is 1. The number of hydrogen-bond acceptors (Lipinski definition) is 7. The number of piperidine rings is 3. The molecule has 1 aliphatic carbocycles. The zero-order valence-corrected chi connectivity index (χ0v) is 22.3. The normalized spacial score (nSPS) is 30.3. The summed E-state index contributed by atoms with van der Waals surface area (Å²) in [6, 6.07) is 4.93. The largest absolute Gasteiger partial charge is 1.00 e. The fourth-order valence-corrected chi connectivity index (χ4v) is 6.88. The van der Waals surface area contributed by atoms with Gasteiger partial charge in [-0.1, -0.05) is 11.2 Å². The van der Waals surface area contributed by atoms with Gasteiger partial charge >= 0.3 is 5.97 Å². The van der Waals surface area contributed by atoms with Crippen LogP contribution in [0.3, 0.4) is 0 Å². The Bertz CT molecular complexity index is 1090. The number of halogens is 3. The number of esters is 1. The standard InChI is InChI=1S/C24H29F2N3O5S.BrH/c1-15-11-20(28-34-15)27-21(30)14-29-8-5-16(6-9-29)18(13-29)33-22(31)24(32,19-3-2-10-35-19)17-4-7-23(25,26)12-17;/h2-3,10-11,16-18,32H,4-9,12-14H2,1H3;1H/t16?,17?,18-,24?,29?;/m0./s1. The van der Waals surface area contributed by atoms with E-state index >= 15 is 0 Å². The number of hydrogen-bond donors (Lipinski definition) is 2. The lowest BCUT2D eigenvalue weighted by Gasteiger charge is -2.51. The lowest BCUT2D eigenvalue weighted by molar-refractivity contribution is -0.939. The van der Waals surface area contributed by atoms with Crippen molar-refractivity contribution >= 4 is 29.0 Å². The monoisotopic (exact) mass is 589 g/mol. The SMILES string of the molecule is Cc1cc(NC(=O)C[N+]23CCC(CC2)[C@@H](OC(=O)C(O)(c2cccs2)C2CCC(F)(F)C2)C3)no1.[Br-]. The molecule has 6 rings (SSSR count). The highest BCUT2D eigenvalue weighted by atomic mass is 79.9. The lowest BCUT2D eigenvalue weighted by atomic mass is 9.82. The van der Waals surface area contributed by atoms with Crippen LogP contribution in [0.5, 0.6) is 0 Å². The Morgan fingerprint density at radius 1 is 1.36 bits per heavy atom. The molecule has 8 nitrogen and oxygen atoms in total. The molecule has 3 saturated heterocycles. The summed E-state index contributed by atoms with van der Waals surface area (Å²) in [5, 5.41) is 19.8. The Morgan fingerprint density at radius 2 is 2.11 bits per heavy atom. The van der Waals surface area contributed by atoms with E-state index in [1.165, 1.54) is 11.3 Å². The van der Waals surface area contributed by atoms with E-state index in [4.69, 9.17) is 9.26 Å². The molecule has 0 spiro atoms. The van der Waals surface area contributed by atoms with Gasteiger partial charge in [-0.05, 0) is 24.8 Å². The summed E-state index contributed by atoms with van der Waals surface area (Å²) >= 11 is 1.17. The molecule has 3 atom stereocenters.